The third-order valence-electron chi connectivity index (χ3n) is 8.28. The van der Waals surface area contributed by atoms with Gasteiger partial charge < -0.3 is 32.9 Å². The van der Waals surface area contributed by atoms with Gasteiger partial charge in [0, 0.05) is 25.9 Å². The summed E-state index contributed by atoms with van der Waals surface area (Å²) < 4.78 is 31.7. The molecule has 3 amide bonds. The summed E-state index contributed by atoms with van der Waals surface area (Å²) in [4.78, 5) is 48.5. The van der Waals surface area contributed by atoms with Crippen molar-refractivity contribution in [2.45, 2.75) is 186 Å². The number of carboxylic acids is 1. The standard InChI is InChI=1S/C34H68N6O3.C2HF3O2/c1-2-3-4-5-6-7-8-9-10-11-12-13-14-15-16-17-18-19-20-21-22-26-31(41)38-28-24-27-32(42)40-30(33(35)43)25-23-29-39-34(36)37;3-2(4,5)1(6)7/h30H,2-29H2,1H3,(H2,35,43)(H,38,41)(H,40,42)(H4,36,37,39);(H,6,7)/t30-;/m0./s1. The summed E-state index contributed by atoms with van der Waals surface area (Å²) in [6.45, 7) is 3.09. The monoisotopic (exact) mass is 723 g/mol. The molecule has 0 aromatic carbocycles. The predicted octanol–water partition coefficient (Wildman–Crippen LogP) is 7.14. The molecule has 11 nitrogen and oxygen atoms in total. The molecule has 294 valence electrons. The van der Waals surface area contributed by atoms with Gasteiger partial charge in [0.2, 0.25) is 17.7 Å². The van der Waals surface area contributed by atoms with Gasteiger partial charge in [-0.25, -0.2) is 4.79 Å². The molecule has 14 heteroatoms. The Kier molecular flexibility index (Phi) is 33.7. The number of carboxylic acid groups (broad SMARTS) is 1. The van der Waals surface area contributed by atoms with E-state index in [0.717, 1.165) is 12.8 Å². The third kappa shape index (κ3) is 37.8. The number of halogens is 3. The molecule has 0 saturated heterocycles. The van der Waals surface area contributed by atoms with Gasteiger partial charge in [0.1, 0.15) is 6.04 Å². The average Bonchev–Trinajstić information content (AvgIpc) is 3.04. The number of alkyl halides is 3. The Morgan fingerprint density at radius 3 is 1.36 bits per heavy atom. The number of amides is 3. The summed E-state index contributed by atoms with van der Waals surface area (Å²) in [7, 11) is 0. The van der Waals surface area contributed by atoms with Gasteiger partial charge >= 0.3 is 12.1 Å². The maximum absolute atomic E-state index is 12.1. The second-order valence-electron chi connectivity index (χ2n) is 13.0. The molecule has 0 rings (SSSR count). The average molecular weight is 723 g/mol. The van der Waals surface area contributed by atoms with Crippen LogP contribution in [0.15, 0.2) is 4.99 Å². The number of nitrogens with one attached hydrogen (secondary N) is 2. The molecule has 0 aromatic rings. The number of carbonyl (C=O) groups excluding carboxylic acids is 3. The normalized spacial score (nSPS) is 11.6. The number of aliphatic imine (C=N–C) groups is 1. The number of unbranched alkanes of at least 4 members (excludes halogenated alkanes) is 20. The zero-order chi connectivity index (χ0) is 37.9. The number of carbonyl (C=O) groups is 4. The number of hydrogen-bond donors (Lipinski definition) is 6. The molecule has 0 fully saturated rings. The van der Waals surface area contributed by atoms with Crippen LogP contribution < -0.4 is 27.8 Å². The van der Waals surface area contributed by atoms with Crippen LogP contribution in [0.1, 0.15) is 174 Å². The van der Waals surface area contributed by atoms with E-state index in [1.807, 2.05) is 0 Å². The van der Waals surface area contributed by atoms with E-state index >= 15 is 0 Å². The zero-order valence-corrected chi connectivity index (χ0v) is 30.8. The number of aliphatic carboxylic acids is 1. The molecule has 0 spiro atoms. The smallest absolute Gasteiger partial charge is 0.475 e. The summed E-state index contributed by atoms with van der Waals surface area (Å²) in [6.07, 6.45) is 25.4. The molecule has 50 heavy (non-hydrogen) atoms. The van der Waals surface area contributed by atoms with Crippen molar-refractivity contribution in [1.29, 1.82) is 0 Å². The second kappa shape index (κ2) is 34.4. The topological polar surface area (TPSA) is 203 Å². The molecule has 0 aromatic heterocycles. The number of primary amides is 1. The van der Waals surface area contributed by atoms with Crippen LogP contribution in [-0.4, -0.2) is 60.1 Å². The summed E-state index contributed by atoms with van der Waals surface area (Å²) in [5.74, 6) is -3.58. The molecule has 0 aliphatic heterocycles. The van der Waals surface area contributed by atoms with E-state index in [0.29, 0.717) is 38.8 Å². The summed E-state index contributed by atoms with van der Waals surface area (Å²) in [6, 6.07) is -0.750. The molecule has 0 heterocycles. The van der Waals surface area contributed by atoms with Gasteiger partial charge in [0.05, 0.1) is 0 Å². The van der Waals surface area contributed by atoms with E-state index in [1.165, 1.54) is 122 Å². The van der Waals surface area contributed by atoms with Crippen LogP contribution >= 0.6 is 0 Å². The quantitative estimate of drug-likeness (QED) is 0.0240. The Balaban J connectivity index is 0. The zero-order valence-electron chi connectivity index (χ0n) is 30.8. The fourth-order valence-corrected chi connectivity index (χ4v) is 5.34. The van der Waals surface area contributed by atoms with Crippen molar-refractivity contribution in [2.24, 2.45) is 22.2 Å². The molecule has 0 unspecified atom stereocenters. The van der Waals surface area contributed by atoms with Gasteiger partial charge in [0.15, 0.2) is 5.96 Å². The van der Waals surface area contributed by atoms with E-state index in [4.69, 9.17) is 27.1 Å². The van der Waals surface area contributed by atoms with Crippen molar-refractivity contribution in [3.05, 3.63) is 0 Å². The number of nitrogens with two attached hydrogens (primary N) is 3. The van der Waals surface area contributed by atoms with Crippen LogP contribution in [0, 0.1) is 0 Å². The van der Waals surface area contributed by atoms with Crippen molar-refractivity contribution in [2.75, 3.05) is 13.1 Å². The van der Waals surface area contributed by atoms with Crippen molar-refractivity contribution < 1.29 is 37.5 Å². The van der Waals surface area contributed by atoms with Gasteiger partial charge in [-0.2, -0.15) is 13.2 Å². The maximum Gasteiger partial charge on any atom is 0.490 e. The highest BCUT2D eigenvalue weighted by molar-refractivity contribution is 5.86. The van der Waals surface area contributed by atoms with E-state index in [2.05, 4.69) is 22.5 Å². The van der Waals surface area contributed by atoms with Gasteiger partial charge in [-0.05, 0) is 25.7 Å². The summed E-state index contributed by atoms with van der Waals surface area (Å²) >= 11 is 0. The van der Waals surface area contributed by atoms with E-state index in [9.17, 15) is 27.6 Å². The lowest BCUT2D eigenvalue weighted by Gasteiger charge is -2.15. The SMILES string of the molecule is CCCCCCCCCCCCCCCCCCCCCCCC(=O)NCCCC(=O)N[C@@H](CCCN=C(N)N)C(N)=O.O=C(O)C(F)(F)F. The van der Waals surface area contributed by atoms with Crippen molar-refractivity contribution in [3.8, 4) is 0 Å². The first kappa shape index (κ1) is 49.1. The Hall–Kier alpha value is -3.06. The minimum atomic E-state index is -5.08. The fourth-order valence-electron chi connectivity index (χ4n) is 5.34. The lowest BCUT2D eigenvalue weighted by atomic mass is 10.0. The lowest BCUT2D eigenvalue weighted by molar-refractivity contribution is -0.192. The van der Waals surface area contributed by atoms with Crippen LogP contribution in [-0.2, 0) is 19.2 Å². The molecule has 0 bridgehead atoms. The number of nitrogens with zero attached hydrogens (tertiary/aromatic N) is 1. The van der Waals surface area contributed by atoms with Crippen LogP contribution in [0.4, 0.5) is 13.2 Å². The molecular weight excluding hydrogens is 653 g/mol. The Bertz CT molecular complexity index is 902. The molecule has 0 aliphatic carbocycles. The third-order valence-corrected chi connectivity index (χ3v) is 8.28. The Morgan fingerprint density at radius 2 is 1.00 bits per heavy atom. The minimum Gasteiger partial charge on any atom is -0.475 e. The molecule has 9 N–H and O–H groups in total. The Labute approximate surface area is 298 Å². The molecular formula is C36H69F3N6O5. The summed E-state index contributed by atoms with van der Waals surface area (Å²) in [5.41, 5.74) is 15.9. The van der Waals surface area contributed by atoms with Crippen LogP contribution in [0.2, 0.25) is 0 Å². The lowest BCUT2D eigenvalue weighted by Crippen LogP contribution is -2.44. The van der Waals surface area contributed by atoms with Crippen LogP contribution in [0.5, 0.6) is 0 Å². The fraction of sp³-hybridized carbons (Fsp3) is 0.861. The Morgan fingerprint density at radius 1 is 0.620 bits per heavy atom. The van der Waals surface area contributed by atoms with Crippen LogP contribution in [0.25, 0.3) is 0 Å². The number of rotatable bonds is 32. The van der Waals surface area contributed by atoms with Crippen molar-refractivity contribution >= 4 is 29.7 Å². The molecule has 0 radical (unpaired) electrons. The first-order valence-electron chi connectivity index (χ1n) is 19.0. The van der Waals surface area contributed by atoms with Crippen LogP contribution in [0.3, 0.4) is 0 Å². The van der Waals surface area contributed by atoms with E-state index < -0.39 is 24.1 Å². The van der Waals surface area contributed by atoms with E-state index in [-0.39, 0.29) is 24.2 Å². The number of guanidine groups is 1. The first-order chi connectivity index (χ1) is 23.8. The summed E-state index contributed by atoms with van der Waals surface area (Å²) in [5, 5.41) is 12.7. The molecule has 0 aliphatic rings. The van der Waals surface area contributed by atoms with Gasteiger partial charge in [-0.15, -0.1) is 0 Å². The molecule has 1 atom stereocenters. The minimum absolute atomic E-state index is 0.0116. The van der Waals surface area contributed by atoms with Gasteiger partial charge in [-0.1, -0.05) is 135 Å². The predicted molar refractivity (Wildman–Crippen MR) is 194 cm³/mol. The van der Waals surface area contributed by atoms with Crippen molar-refractivity contribution in [3.63, 3.8) is 0 Å². The maximum atomic E-state index is 12.1. The first-order valence-corrected chi connectivity index (χ1v) is 19.0. The largest absolute Gasteiger partial charge is 0.490 e. The highest BCUT2D eigenvalue weighted by Gasteiger charge is 2.38. The number of hydrogen-bond acceptors (Lipinski definition) is 5. The molecule has 0 saturated carbocycles. The highest BCUT2D eigenvalue weighted by Crippen LogP contribution is 2.15. The van der Waals surface area contributed by atoms with Gasteiger partial charge in [-0.3, -0.25) is 19.4 Å². The van der Waals surface area contributed by atoms with E-state index in [1.54, 1.807) is 0 Å². The van der Waals surface area contributed by atoms with Crippen molar-refractivity contribution in [1.82, 2.24) is 10.6 Å². The van der Waals surface area contributed by atoms with Gasteiger partial charge in [0.25, 0.3) is 0 Å². The highest BCUT2D eigenvalue weighted by atomic mass is 19.4. The second-order valence-corrected chi connectivity index (χ2v) is 13.0.